The van der Waals surface area contributed by atoms with Crippen LogP contribution in [0.15, 0.2) is 46.2 Å². The van der Waals surface area contributed by atoms with Gasteiger partial charge in [0.2, 0.25) is 9.84 Å². The van der Waals surface area contributed by atoms with Crippen LogP contribution < -0.4 is 11.5 Å². The van der Waals surface area contributed by atoms with Crippen LogP contribution in [-0.4, -0.2) is 25.2 Å². The van der Waals surface area contributed by atoms with Crippen molar-refractivity contribution in [3.63, 3.8) is 0 Å². The first-order valence-electron chi connectivity index (χ1n) is 6.22. The Balaban J connectivity index is 2.61. The molecular formula is C14H16N2O4S. The Bertz CT molecular complexity index is 755. The molecule has 0 saturated heterocycles. The summed E-state index contributed by atoms with van der Waals surface area (Å²) in [6.07, 6.45) is 0.387. The zero-order valence-electron chi connectivity index (χ0n) is 11.2. The van der Waals surface area contributed by atoms with Gasteiger partial charge in [0.05, 0.1) is 4.90 Å². The Hall–Kier alpha value is -2.25. The number of nitrogen functional groups attached to an aromatic ring is 1. The average Bonchev–Trinajstić information content (AvgIpc) is 2.43. The molecule has 0 radical (unpaired) electrons. The lowest BCUT2D eigenvalue weighted by atomic mass is 10.1. The van der Waals surface area contributed by atoms with Crippen molar-refractivity contribution in [3.8, 4) is 11.5 Å². The predicted octanol–water partition coefficient (Wildman–Crippen LogP) is 1.01. The van der Waals surface area contributed by atoms with Gasteiger partial charge in [0.1, 0.15) is 4.90 Å². The maximum atomic E-state index is 12.5. The van der Waals surface area contributed by atoms with E-state index in [0.29, 0.717) is 24.2 Å². The summed E-state index contributed by atoms with van der Waals surface area (Å²) in [6.45, 7) is 0.297. The highest BCUT2D eigenvalue weighted by Crippen LogP contribution is 2.36. The molecule has 0 fully saturated rings. The lowest BCUT2D eigenvalue weighted by Crippen LogP contribution is -2.06. The molecule has 0 amide bonds. The smallest absolute Gasteiger partial charge is 0.210 e. The summed E-state index contributed by atoms with van der Waals surface area (Å²) >= 11 is 0. The minimum Gasteiger partial charge on any atom is -0.504 e. The second-order valence-corrected chi connectivity index (χ2v) is 6.49. The molecule has 2 rings (SSSR count). The minimum absolute atomic E-state index is 0.0173. The van der Waals surface area contributed by atoms with Crippen molar-refractivity contribution in [1.29, 1.82) is 0 Å². The van der Waals surface area contributed by atoms with Gasteiger partial charge in [-0.15, -0.1) is 0 Å². The van der Waals surface area contributed by atoms with E-state index in [2.05, 4.69) is 0 Å². The molecule has 0 bridgehead atoms. The van der Waals surface area contributed by atoms with Crippen LogP contribution in [0.5, 0.6) is 11.5 Å². The van der Waals surface area contributed by atoms with Crippen LogP contribution >= 0.6 is 0 Å². The highest BCUT2D eigenvalue weighted by atomic mass is 32.2. The number of anilines is 1. The Morgan fingerprint density at radius 1 is 1.05 bits per heavy atom. The van der Waals surface area contributed by atoms with E-state index in [1.165, 1.54) is 36.4 Å². The molecule has 21 heavy (non-hydrogen) atoms. The van der Waals surface area contributed by atoms with Gasteiger partial charge in [0.15, 0.2) is 11.5 Å². The molecule has 0 aromatic heterocycles. The van der Waals surface area contributed by atoms with Gasteiger partial charge in [-0.3, -0.25) is 0 Å². The largest absolute Gasteiger partial charge is 0.504 e. The predicted molar refractivity (Wildman–Crippen MR) is 78.8 cm³/mol. The van der Waals surface area contributed by atoms with E-state index in [-0.39, 0.29) is 9.79 Å². The number of nitrogens with two attached hydrogens (primary N) is 2. The number of hydrogen-bond donors (Lipinski definition) is 4. The second kappa shape index (κ2) is 5.63. The number of phenolic OH excluding ortho intramolecular Hbond substituents is 2. The summed E-state index contributed by atoms with van der Waals surface area (Å²) < 4.78 is 25.1. The van der Waals surface area contributed by atoms with Crippen LogP contribution in [0.25, 0.3) is 0 Å². The molecule has 0 aliphatic carbocycles. The molecule has 0 aliphatic heterocycles. The molecular weight excluding hydrogens is 292 g/mol. The normalized spacial score (nSPS) is 11.5. The van der Waals surface area contributed by atoms with E-state index in [1.807, 2.05) is 0 Å². The first-order chi connectivity index (χ1) is 9.86. The van der Waals surface area contributed by atoms with Crippen molar-refractivity contribution < 1.29 is 18.6 Å². The summed E-state index contributed by atoms with van der Waals surface area (Å²) in [6, 6.07) is 8.20. The summed E-state index contributed by atoms with van der Waals surface area (Å²) in [5.74, 6) is -1.16. The topological polar surface area (TPSA) is 127 Å². The first kappa shape index (κ1) is 15.1. The molecule has 0 atom stereocenters. The number of benzene rings is 2. The van der Waals surface area contributed by atoms with Crippen LogP contribution in [0.2, 0.25) is 0 Å². The van der Waals surface area contributed by atoms with Gasteiger partial charge in [0, 0.05) is 5.69 Å². The standard InChI is InChI=1S/C14H16N2O4S/c15-6-5-9-7-12(17)14(18)13(8-9)21(19,20)11-3-1-10(16)2-4-11/h1-4,7-8,17-18H,5-6,15-16H2. The Morgan fingerprint density at radius 3 is 2.24 bits per heavy atom. The number of sulfone groups is 1. The number of aromatic hydroxyl groups is 2. The highest BCUT2D eigenvalue weighted by Gasteiger charge is 2.24. The quantitative estimate of drug-likeness (QED) is 0.493. The third kappa shape index (κ3) is 2.93. The summed E-state index contributed by atoms with van der Waals surface area (Å²) in [5.41, 5.74) is 11.9. The minimum atomic E-state index is -3.96. The fraction of sp³-hybridized carbons (Fsp3) is 0.143. The van der Waals surface area contributed by atoms with Crippen molar-refractivity contribution >= 4 is 15.5 Å². The molecule has 2 aromatic rings. The van der Waals surface area contributed by atoms with Crippen LogP contribution in [0.1, 0.15) is 5.56 Å². The van der Waals surface area contributed by atoms with E-state index < -0.39 is 21.3 Å². The monoisotopic (exact) mass is 308 g/mol. The molecule has 6 nitrogen and oxygen atoms in total. The molecule has 7 heteroatoms. The highest BCUT2D eigenvalue weighted by molar-refractivity contribution is 7.91. The third-order valence-corrected chi connectivity index (χ3v) is 4.81. The van der Waals surface area contributed by atoms with Crippen LogP contribution in [0.4, 0.5) is 5.69 Å². The van der Waals surface area contributed by atoms with Crippen molar-refractivity contribution in [2.75, 3.05) is 12.3 Å². The van der Waals surface area contributed by atoms with E-state index in [9.17, 15) is 18.6 Å². The van der Waals surface area contributed by atoms with Crippen LogP contribution in [0.3, 0.4) is 0 Å². The first-order valence-corrected chi connectivity index (χ1v) is 7.70. The lowest BCUT2D eigenvalue weighted by molar-refractivity contribution is 0.392. The fourth-order valence-corrected chi connectivity index (χ4v) is 3.35. The van der Waals surface area contributed by atoms with E-state index >= 15 is 0 Å². The Labute approximate surface area is 122 Å². The number of hydrogen-bond acceptors (Lipinski definition) is 6. The van der Waals surface area contributed by atoms with Crippen molar-refractivity contribution in [3.05, 3.63) is 42.0 Å². The molecule has 0 aliphatic rings. The second-order valence-electron chi connectivity index (χ2n) is 4.57. The average molecular weight is 308 g/mol. The molecule has 0 unspecified atom stereocenters. The van der Waals surface area contributed by atoms with Gasteiger partial charge in [-0.1, -0.05) is 0 Å². The summed E-state index contributed by atoms with van der Waals surface area (Å²) in [7, 11) is -3.96. The van der Waals surface area contributed by atoms with Gasteiger partial charge >= 0.3 is 0 Å². The molecule has 112 valence electrons. The maximum Gasteiger partial charge on any atom is 0.210 e. The van der Waals surface area contributed by atoms with E-state index in [0.717, 1.165) is 0 Å². The van der Waals surface area contributed by atoms with Crippen molar-refractivity contribution in [2.45, 2.75) is 16.2 Å². The molecule has 6 N–H and O–H groups in total. The van der Waals surface area contributed by atoms with Gasteiger partial charge in [-0.2, -0.15) is 0 Å². The van der Waals surface area contributed by atoms with Crippen LogP contribution in [0, 0.1) is 0 Å². The van der Waals surface area contributed by atoms with Gasteiger partial charge in [-0.25, -0.2) is 8.42 Å². The van der Waals surface area contributed by atoms with Gasteiger partial charge < -0.3 is 21.7 Å². The SMILES string of the molecule is NCCc1cc(O)c(O)c(S(=O)(=O)c2ccc(N)cc2)c1. The lowest BCUT2D eigenvalue weighted by Gasteiger charge is -2.11. The zero-order valence-corrected chi connectivity index (χ0v) is 12.0. The molecule has 0 spiro atoms. The van der Waals surface area contributed by atoms with Gasteiger partial charge in [0.25, 0.3) is 0 Å². The summed E-state index contributed by atoms with van der Waals surface area (Å²) in [4.78, 5) is -0.369. The Kier molecular flexibility index (Phi) is 4.06. The molecule has 2 aromatic carbocycles. The van der Waals surface area contributed by atoms with E-state index in [4.69, 9.17) is 11.5 Å². The van der Waals surface area contributed by atoms with Crippen molar-refractivity contribution in [1.82, 2.24) is 0 Å². The van der Waals surface area contributed by atoms with Gasteiger partial charge in [-0.05, 0) is 54.9 Å². The molecule has 0 saturated carbocycles. The number of phenols is 2. The van der Waals surface area contributed by atoms with E-state index in [1.54, 1.807) is 0 Å². The fourth-order valence-electron chi connectivity index (χ4n) is 1.94. The summed E-state index contributed by atoms with van der Waals surface area (Å²) in [5, 5.41) is 19.5. The Morgan fingerprint density at radius 2 is 1.67 bits per heavy atom. The maximum absolute atomic E-state index is 12.5. The zero-order chi connectivity index (χ0) is 15.6. The molecule has 0 heterocycles. The third-order valence-electron chi connectivity index (χ3n) is 3.03. The van der Waals surface area contributed by atoms with Crippen molar-refractivity contribution in [2.24, 2.45) is 5.73 Å². The number of rotatable bonds is 4. The van der Waals surface area contributed by atoms with Crippen LogP contribution in [-0.2, 0) is 16.3 Å².